The quantitative estimate of drug-likeness (QED) is 0.713. The zero-order valence-corrected chi connectivity index (χ0v) is 18.3. The number of carbonyl (C=O) groups is 2. The third-order valence-corrected chi connectivity index (χ3v) is 6.58. The molecule has 166 valence electrons. The van der Waals surface area contributed by atoms with E-state index in [2.05, 4.69) is 15.6 Å². The fourth-order valence-electron chi connectivity index (χ4n) is 4.07. The van der Waals surface area contributed by atoms with E-state index >= 15 is 0 Å². The molecule has 0 atom stereocenters. The van der Waals surface area contributed by atoms with Gasteiger partial charge >= 0.3 is 0 Å². The Balaban J connectivity index is 1.22. The summed E-state index contributed by atoms with van der Waals surface area (Å²) in [5.74, 6) is -0.538. The second-order valence-electron chi connectivity index (χ2n) is 8.14. The summed E-state index contributed by atoms with van der Waals surface area (Å²) in [5, 5.41) is 8.90. The number of benzene rings is 1. The fraction of sp³-hybridized carbons (Fsp3) is 0.500. The number of anilines is 2. The van der Waals surface area contributed by atoms with Crippen LogP contribution in [0.4, 0.5) is 15.2 Å². The van der Waals surface area contributed by atoms with Crippen LogP contribution in [0.2, 0.25) is 0 Å². The Kier molecular flexibility index (Phi) is 7.14. The van der Waals surface area contributed by atoms with Crippen molar-refractivity contribution in [2.45, 2.75) is 38.1 Å². The van der Waals surface area contributed by atoms with Crippen LogP contribution < -0.4 is 10.6 Å². The summed E-state index contributed by atoms with van der Waals surface area (Å²) >= 11 is 1.49. The highest BCUT2D eigenvalue weighted by atomic mass is 32.1. The van der Waals surface area contributed by atoms with Crippen LogP contribution in [0, 0.1) is 5.82 Å². The number of aromatic nitrogens is 1. The van der Waals surface area contributed by atoms with Crippen molar-refractivity contribution >= 4 is 34.0 Å². The van der Waals surface area contributed by atoms with E-state index in [1.807, 2.05) is 10.3 Å². The maximum absolute atomic E-state index is 13.0. The van der Waals surface area contributed by atoms with Gasteiger partial charge in [0.05, 0.1) is 6.54 Å². The Morgan fingerprint density at radius 3 is 2.48 bits per heavy atom. The standard InChI is InChI=1S/C22H28FN5O2S/c23-16-6-8-18(9-7-16)24-20(29)14-27-10-12-28(13-11-27)21(30)19-15-31-22(26-19)25-17-4-2-1-3-5-17/h6-9,15,17H,1-5,10-14H2,(H,24,29)(H,25,26). The van der Waals surface area contributed by atoms with Crippen molar-refractivity contribution in [3.05, 3.63) is 41.2 Å². The van der Waals surface area contributed by atoms with E-state index in [-0.39, 0.29) is 24.2 Å². The number of nitrogens with zero attached hydrogens (tertiary/aromatic N) is 3. The minimum atomic E-state index is -0.337. The monoisotopic (exact) mass is 445 g/mol. The molecule has 31 heavy (non-hydrogen) atoms. The molecular weight excluding hydrogens is 417 g/mol. The number of rotatable bonds is 6. The van der Waals surface area contributed by atoms with Crippen LogP contribution in [0.3, 0.4) is 0 Å². The molecule has 1 aromatic carbocycles. The summed E-state index contributed by atoms with van der Waals surface area (Å²) in [5.41, 5.74) is 1.06. The minimum Gasteiger partial charge on any atom is -0.359 e. The molecule has 4 rings (SSSR count). The number of nitrogens with one attached hydrogen (secondary N) is 2. The number of carbonyl (C=O) groups excluding carboxylic acids is 2. The molecule has 0 unspecified atom stereocenters. The molecule has 2 amide bonds. The van der Waals surface area contributed by atoms with E-state index in [0.29, 0.717) is 43.6 Å². The molecule has 1 saturated heterocycles. The third-order valence-electron chi connectivity index (χ3n) is 5.81. The number of hydrogen-bond donors (Lipinski definition) is 2. The van der Waals surface area contributed by atoms with E-state index in [9.17, 15) is 14.0 Å². The molecule has 1 aromatic heterocycles. The van der Waals surface area contributed by atoms with Gasteiger partial charge in [0.1, 0.15) is 11.5 Å². The number of amides is 2. The van der Waals surface area contributed by atoms with Gasteiger partial charge in [-0.15, -0.1) is 11.3 Å². The van der Waals surface area contributed by atoms with Crippen LogP contribution in [0.5, 0.6) is 0 Å². The smallest absolute Gasteiger partial charge is 0.273 e. The highest BCUT2D eigenvalue weighted by Crippen LogP contribution is 2.24. The Morgan fingerprint density at radius 1 is 1.06 bits per heavy atom. The van der Waals surface area contributed by atoms with Gasteiger partial charge in [0.2, 0.25) is 5.91 Å². The first-order valence-corrected chi connectivity index (χ1v) is 11.7. The van der Waals surface area contributed by atoms with E-state index < -0.39 is 0 Å². The lowest BCUT2D eigenvalue weighted by molar-refractivity contribution is -0.117. The van der Waals surface area contributed by atoms with Crippen LogP contribution >= 0.6 is 11.3 Å². The largest absolute Gasteiger partial charge is 0.359 e. The SMILES string of the molecule is O=C(CN1CCN(C(=O)c2csc(NC3CCCCC3)n2)CC1)Nc1ccc(F)cc1. The number of halogens is 1. The molecule has 2 fully saturated rings. The Morgan fingerprint density at radius 2 is 1.77 bits per heavy atom. The van der Waals surface area contributed by atoms with Crippen molar-refractivity contribution in [1.82, 2.24) is 14.8 Å². The maximum atomic E-state index is 13.0. The number of hydrogen-bond acceptors (Lipinski definition) is 6. The van der Waals surface area contributed by atoms with E-state index in [1.54, 1.807) is 4.90 Å². The van der Waals surface area contributed by atoms with Gasteiger partial charge in [-0.3, -0.25) is 14.5 Å². The first kappa shape index (κ1) is 21.7. The first-order chi connectivity index (χ1) is 15.1. The number of piperazine rings is 1. The molecule has 1 aliphatic heterocycles. The van der Waals surface area contributed by atoms with Gasteiger partial charge in [0.15, 0.2) is 5.13 Å². The molecule has 0 radical (unpaired) electrons. The van der Waals surface area contributed by atoms with E-state index in [1.165, 1.54) is 67.7 Å². The summed E-state index contributed by atoms with van der Waals surface area (Å²) in [6.45, 7) is 2.61. The van der Waals surface area contributed by atoms with Gasteiger partial charge in [-0.1, -0.05) is 19.3 Å². The van der Waals surface area contributed by atoms with Gasteiger partial charge in [0, 0.05) is 43.3 Å². The molecule has 2 aromatic rings. The normalized spacial score (nSPS) is 18.0. The van der Waals surface area contributed by atoms with Crippen molar-refractivity contribution in [3.63, 3.8) is 0 Å². The Labute approximate surface area is 185 Å². The fourth-order valence-corrected chi connectivity index (χ4v) is 4.83. The summed E-state index contributed by atoms with van der Waals surface area (Å²) in [6, 6.07) is 6.17. The molecule has 2 N–H and O–H groups in total. The minimum absolute atomic E-state index is 0.0524. The van der Waals surface area contributed by atoms with Crippen molar-refractivity contribution in [2.24, 2.45) is 0 Å². The Bertz CT molecular complexity index is 890. The van der Waals surface area contributed by atoms with Crippen LogP contribution in [0.1, 0.15) is 42.6 Å². The number of thiazole rings is 1. The van der Waals surface area contributed by atoms with E-state index in [4.69, 9.17) is 0 Å². The van der Waals surface area contributed by atoms with Crippen molar-refractivity contribution in [1.29, 1.82) is 0 Å². The van der Waals surface area contributed by atoms with Crippen molar-refractivity contribution in [2.75, 3.05) is 43.4 Å². The Hall–Kier alpha value is -2.52. The predicted octanol–water partition coefficient (Wildman–Crippen LogP) is 3.42. The molecule has 2 heterocycles. The zero-order valence-electron chi connectivity index (χ0n) is 17.5. The molecule has 9 heteroatoms. The second kappa shape index (κ2) is 10.2. The molecule has 0 spiro atoms. The zero-order chi connectivity index (χ0) is 21.6. The predicted molar refractivity (Wildman–Crippen MR) is 120 cm³/mol. The van der Waals surface area contributed by atoms with Crippen LogP contribution in [0.15, 0.2) is 29.6 Å². The first-order valence-electron chi connectivity index (χ1n) is 10.9. The van der Waals surface area contributed by atoms with Crippen molar-refractivity contribution < 1.29 is 14.0 Å². The molecule has 0 bridgehead atoms. The molecule has 1 aliphatic carbocycles. The molecule has 1 saturated carbocycles. The van der Waals surface area contributed by atoms with Crippen LogP contribution in [0.25, 0.3) is 0 Å². The molecular formula is C22H28FN5O2S. The van der Waals surface area contributed by atoms with Gasteiger partial charge < -0.3 is 15.5 Å². The lowest BCUT2D eigenvalue weighted by Crippen LogP contribution is -2.50. The van der Waals surface area contributed by atoms with Crippen LogP contribution in [-0.4, -0.2) is 65.4 Å². The van der Waals surface area contributed by atoms with Gasteiger partial charge in [0.25, 0.3) is 5.91 Å². The summed E-state index contributed by atoms with van der Waals surface area (Å²) < 4.78 is 13.0. The third kappa shape index (κ3) is 6.01. The maximum Gasteiger partial charge on any atom is 0.273 e. The van der Waals surface area contributed by atoms with Crippen molar-refractivity contribution in [3.8, 4) is 0 Å². The summed E-state index contributed by atoms with van der Waals surface area (Å²) in [4.78, 5) is 33.4. The lowest BCUT2D eigenvalue weighted by Gasteiger charge is -2.33. The van der Waals surface area contributed by atoms with Gasteiger partial charge in [-0.05, 0) is 37.1 Å². The summed E-state index contributed by atoms with van der Waals surface area (Å²) in [7, 11) is 0. The average Bonchev–Trinajstić information content (AvgIpc) is 3.24. The van der Waals surface area contributed by atoms with E-state index in [0.717, 1.165) is 5.13 Å². The highest BCUT2D eigenvalue weighted by Gasteiger charge is 2.25. The highest BCUT2D eigenvalue weighted by molar-refractivity contribution is 7.13. The molecule has 2 aliphatic rings. The average molecular weight is 446 g/mol. The van der Waals surface area contributed by atoms with Gasteiger partial charge in [-0.2, -0.15) is 0 Å². The van der Waals surface area contributed by atoms with Gasteiger partial charge in [-0.25, -0.2) is 9.37 Å². The summed E-state index contributed by atoms with van der Waals surface area (Å²) in [6.07, 6.45) is 6.14. The molecule has 7 nitrogen and oxygen atoms in total. The second-order valence-corrected chi connectivity index (χ2v) is 9.00. The lowest BCUT2D eigenvalue weighted by atomic mass is 9.96. The topological polar surface area (TPSA) is 77.6 Å². The van der Waals surface area contributed by atoms with Crippen LogP contribution in [-0.2, 0) is 4.79 Å².